The van der Waals surface area contributed by atoms with Crippen molar-refractivity contribution in [3.63, 3.8) is 0 Å². The fourth-order valence-electron chi connectivity index (χ4n) is 0.0823. The van der Waals surface area contributed by atoms with Gasteiger partial charge in [-0.15, -0.1) is 6.58 Å². The molecule has 2 nitrogen and oxygen atoms in total. The van der Waals surface area contributed by atoms with Gasteiger partial charge in [-0.3, -0.25) is 0 Å². The highest BCUT2D eigenvalue weighted by Gasteiger charge is 1.81. The highest BCUT2D eigenvalue weighted by Crippen LogP contribution is 1.78. The summed E-state index contributed by atoms with van der Waals surface area (Å²) in [7, 11) is 0. The zero-order valence-corrected chi connectivity index (χ0v) is 3.94. The predicted octanol–water partition coefficient (Wildman–Crippen LogP) is 0.556. The van der Waals surface area contributed by atoms with E-state index in [2.05, 4.69) is 6.58 Å². The van der Waals surface area contributed by atoms with Gasteiger partial charge in [-0.2, -0.15) is 0 Å². The summed E-state index contributed by atoms with van der Waals surface area (Å²) in [4.78, 5) is 0. The summed E-state index contributed by atoms with van der Waals surface area (Å²) in [6, 6.07) is 0. The fourth-order valence-corrected chi connectivity index (χ4v) is 0.247. The molecule has 0 aliphatic heterocycles. The van der Waals surface area contributed by atoms with Gasteiger partial charge in [0.05, 0.1) is 5.75 Å². The summed E-state index contributed by atoms with van der Waals surface area (Å²) in [6.45, 7) is 3.19. The molecule has 0 aromatic rings. The van der Waals surface area contributed by atoms with E-state index in [4.69, 9.17) is 4.55 Å². The molecule has 6 heavy (non-hydrogen) atoms. The molecule has 0 rings (SSSR count). The standard InChI is InChI=1S/C3H5O2S/c1-2-3-6(4)5/h2-3H,1H2,(H,4,5). The topological polar surface area (TPSA) is 37.3 Å². The summed E-state index contributed by atoms with van der Waals surface area (Å²) in [5.41, 5.74) is 0. The molecule has 1 unspecified atom stereocenters. The maximum absolute atomic E-state index is 9.58. The monoisotopic (exact) mass is 105 g/mol. The van der Waals surface area contributed by atoms with Crippen molar-refractivity contribution >= 4 is 11.1 Å². The first-order valence-electron chi connectivity index (χ1n) is 1.33. The summed E-state index contributed by atoms with van der Waals surface area (Å²) in [6.07, 6.45) is 1.27. The van der Waals surface area contributed by atoms with Crippen LogP contribution >= 0.6 is 0 Å². The van der Waals surface area contributed by atoms with Crippen molar-refractivity contribution in [1.29, 1.82) is 0 Å². The van der Waals surface area contributed by atoms with Crippen LogP contribution in [0.1, 0.15) is 0 Å². The van der Waals surface area contributed by atoms with Gasteiger partial charge in [0.2, 0.25) is 0 Å². The molecule has 0 aliphatic rings. The van der Waals surface area contributed by atoms with Gasteiger partial charge < -0.3 is 4.55 Å². The Kier molecular flexibility index (Phi) is 2.98. The van der Waals surface area contributed by atoms with Crippen molar-refractivity contribution in [2.24, 2.45) is 0 Å². The van der Waals surface area contributed by atoms with E-state index in [1.54, 1.807) is 0 Å². The van der Waals surface area contributed by atoms with Crippen molar-refractivity contribution in [1.82, 2.24) is 0 Å². The van der Waals surface area contributed by atoms with Crippen LogP contribution in [0, 0.1) is 5.75 Å². The smallest absolute Gasteiger partial charge is 0.161 e. The van der Waals surface area contributed by atoms with E-state index >= 15 is 0 Å². The molecule has 0 fully saturated rings. The van der Waals surface area contributed by atoms with Gasteiger partial charge in [0.15, 0.2) is 11.1 Å². The first-order valence-corrected chi connectivity index (χ1v) is 2.50. The third-order valence-electron chi connectivity index (χ3n) is 0.213. The molecular weight excluding hydrogens is 100 g/mol. The molecule has 0 spiro atoms. The lowest BCUT2D eigenvalue weighted by Gasteiger charge is -1.75. The minimum absolute atomic E-state index is 1.08. The minimum Gasteiger partial charge on any atom is -0.306 e. The average molecular weight is 105 g/mol. The van der Waals surface area contributed by atoms with Gasteiger partial charge >= 0.3 is 0 Å². The lowest BCUT2D eigenvalue weighted by Crippen LogP contribution is -1.79. The van der Waals surface area contributed by atoms with E-state index < -0.39 is 11.1 Å². The van der Waals surface area contributed by atoms with Crippen LogP contribution in [0.25, 0.3) is 0 Å². The SMILES string of the molecule is C=C[CH]S(=O)O. The lowest BCUT2D eigenvalue weighted by molar-refractivity contribution is 0.572. The highest BCUT2D eigenvalue weighted by molar-refractivity contribution is 7.81. The lowest BCUT2D eigenvalue weighted by atomic mass is 10.8. The second-order valence-electron chi connectivity index (χ2n) is 0.648. The summed E-state index contributed by atoms with van der Waals surface area (Å²) in [5.74, 6) is 1.08. The molecule has 1 radical (unpaired) electrons. The van der Waals surface area contributed by atoms with Crippen molar-refractivity contribution < 1.29 is 8.76 Å². The molecule has 0 amide bonds. The summed E-state index contributed by atoms with van der Waals surface area (Å²) in [5, 5.41) is 0. The first kappa shape index (κ1) is 5.85. The van der Waals surface area contributed by atoms with Gasteiger partial charge in [-0.05, 0) is 0 Å². The molecule has 35 valence electrons. The van der Waals surface area contributed by atoms with Crippen LogP contribution in [0.4, 0.5) is 0 Å². The first-order chi connectivity index (χ1) is 2.77. The molecule has 3 heteroatoms. The van der Waals surface area contributed by atoms with Crippen molar-refractivity contribution in [2.45, 2.75) is 0 Å². The van der Waals surface area contributed by atoms with Gasteiger partial charge in [0.25, 0.3) is 0 Å². The third kappa shape index (κ3) is 3.85. The minimum atomic E-state index is -1.81. The molecular formula is C3H5O2S. The number of rotatable bonds is 2. The molecule has 0 aliphatic carbocycles. The summed E-state index contributed by atoms with van der Waals surface area (Å²) >= 11 is -1.81. The molecule has 0 saturated heterocycles. The van der Waals surface area contributed by atoms with E-state index in [0.717, 1.165) is 5.75 Å². The normalized spacial score (nSPS) is 13.5. The van der Waals surface area contributed by atoms with Gasteiger partial charge in [-0.25, -0.2) is 4.21 Å². The number of hydrogen-bond acceptors (Lipinski definition) is 1. The van der Waals surface area contributed by atoms with Crippen molar-refractivity contribution in [2.75, 3.05) is 0 Å². The Bertz CT molecular complexity index is 69.2. The molecule has 1 N–H and O–H groups in total. The van der Waals surface area contributed by atoms with Crippen LogP contribution < -0.4 is 0 Å². The number of hydrogen-bond donors (Lipinski definition) is 1. The Morgan fingerprint density at radius 2 is 2.33 bits per heavy atom. The molecule has 0 saturated carbocycles. The maximum Gasteiger partial charge on any atom is 0.161 e. The maximum atomic E-state index is 9.58. The van der Waals surface area contributed by atoms with E-state index in [1.165, 1.54) is 6.08 Å². The fraction of sp³-hybridized carbons (Fsp3) is 0. The molecule has 0 aromatic heterocycles. The Balaban J connectivity index is 3.05. The highest BCUT2D eigenvalue weighted by atomic mass is 32.2. The molecule has 0 aromatic carbocycles. The average Bonchev–Trinajstić information content (AvgIpc) is 1.35. The molecule has 1 atom stereocenters. The van der Waals surface area contributed by atoms with Crippen LogP contribution in [-0.4, -0.2) is 8.76 Å². The van der Waals surface area contributed by atoms with Gasteiger partial charge in [0.1, 0.15) is 0 Å². The second kappa shape index (κ2) is 3.06. The largest absolute Gasteiger partial charge is 0.306 e. The Hall–Kier alpha value is -0.150. The van der Waals surface area contributed by atoms with Gasteiger partial charge in [0, 0.05) is 0 Å². The van der Waals surface area contributed by atoms with Crippen molar-refractivity contribution in [3.8, 4) is 0 Å². The Morgan fingerprint density at radius 3 is 2.33 bits per heavy atom. The quantitative estimate of drug-likeness (QED) is 0.521. The molecule has 0 heterocycles. The Morgan fingerprint density at radius 1 is 1.83 bits per heavy atom. The van der Waals surface area contributed by atoms with Crippen LogP contribution in [0.15, 0.2) is 12.7 Å². The van der Waals surface area contributed by atoms with Crippen LogP contribution in [0.5, 0.6) is 0 Å². The second-order valence-corrected chi connectivity index (χ2v) is 1.47. The zero-order valence-electron chi connectivity index (χ0n) is 3.13. The zero-order chi connectivity index (χ0) is 4.99. The van der Waals surface area contributed by atoms with Crippen LogP contribution in [0.3, 0.4) is 0 Å². The third-order valence-corrected chi connectivity index (χ3v) is 0.638. The molecule has 0 bridgehead atoms. The summed E-state index contributed by atoms with van der Waals surface area (Å²) < 4.78 is 17.5. The predicted molar refractivity (Wildman–Crippen MR) is 25.3 cm³/mol. The van der Waals surface area contributed by atoms with E-state index in [1.807, 2.05) is 0 Å². The van der Waals surface area contributed by atoms with Gasteiger partial charge in [-0.1, -0.05) is 6.08 Å². The van der Waals surface area contributed by atoms with E-state index in [-0.39, 0.29) is 0 Å². The van der Waals surface area contributed by atoms with Crippen molar-refractivity contribution in [3.05, 3.63) is 18.4 Å². The Labute approximate surface area is 39.2 Å². The van der Waals surface area contributed by atoms with E-state index in [9.17, 15) is 4.21 Å². The van der Waals surface area contributed by atoms with Crippen LogP contribution in [0.2, 0.25) is 0 Å². The van der Waals surface area contributed by atoms with Crippen LogP contribution in [-0.2, 0) is 11.1 Å². The van der Waals surface area contributed by atoms with E-state index in [0.29, 0.717) is 0 Å².